The summed E-state index contributed by atoms with van der Waals surface area (Å²) < 4.78 is 89.0. The summed E-state index contributed by atoms with van der Waals surface area (Å²) in [6.45, 7) is 14.2. The van der Waals surface area contributed by atoms with Crippen LogP contribution in [0.25, 0.3) is 0 Å². The van der Waals surface area contributed by atoms with Crippen molar-refractivity contribution in [3.05, 3.63) is 0 Å². The Kier molecular flexibility index (Phi) is 14.8. The lowest BCUT2D eigenvalue weighted by Gasteiger charge is -2.58. The molecule has 1 spiro atoms. The molecular formula is C49H80O17. The lowest BCUT2D eigenvalue weighted by atomic mass is 9.51. The van der Waals surface area contributed by atoms with Crippen LogP contribution in [0.5, 0.6) is 0 Å². The molecule has 3 saturated carbocycles. The maximum atomic E-state index is 13.4. The van der Waals surface area contributed by atoms with Gasteiger partial charge in [0.25, 0.3) is 0 Å². The highest BCUT2D eigenvalue weighted by atomic mass is 16.8. The number of aliphatic hydroxyl groups excluding tert-OH is 2. The van der Waals surface area contributed by atoms with Crippen LogP contribution in [0.4, 0.5) is 0 Å². The molecule has 6 saturated heterocycles. The van der Waals surface area contributed by atoms with Gasteiger partial charge in [0.15, 0.2) is 30.9 Å². The van der Waals surface area contributed by atoms with Crippen LogP contribution in [0, 0.1) is 28.6 Å². The summed E-state index contributed by atoms with van der Waals surface area (Å²) in [5.41, 5.74) is -0.764. The third-order valence-electron chi connectivity index (χ3n) is 18.1. The van der Waals surface area contributed by atoms with Crippen molar-refractivity contribution in [2.75, 3.05) is 28.4 Å². The largest absolute Gasteiger partial charge is 0.390 e. The first-order chi connectivity index (χ1) is 31.4. The van der Waals surface area contributed by atoms with E-state index < -0.39 is 104 Å². The highest BCUT2D eigenvalue weighted by Gasteiger charge is 2.71. The van der Waals surface area contributed by atoms with Gasteiger partial charge < -0.3 is 76.5 Å². The van der Waals surface area contributed by atoms with Crippen molar-refractivity contribution in [2.24, 2.45) is 28.6 Å². The molecule has 378 valence electrons. The van der Waals surface area contributed by atoms with Gasteiger partial charge in [0.05, 0.1) is 78.7 Å². The molecule has 0 amide bonds. The van der Waals surface area contributed by atoms with Gasteiger partial charge in [-0.25, -0.2) is 0 Å². The van der Waals surface area contributed by atoms with E-state index in [1.54, 1.807) is 35.4 Å². The standard InChI is InChI=1S/C49H80O17/c1-23-29-12-13-37(51)48(29,7)38-21-36-47(6)22-30(50)31(16-28(47)14-15-49(36,65-23)66-38)61-39-18-33(54-9)44(25(3)58-39)63-41-20-35(56-11)46(27(5)60-41)64-42-19-34(55-10)45(26(4)59-42)62-40-17-32(53-8)43(52)24(2)57-40/h23-36,38-46,50,52H,12-22H2,1-11H3. The van der Waals surface area contributed by atoms with Crippen LogP contribution >= 0.6 is 0 Å². The lowest BCUT2D eigenvalue weighted by molar-refractivity contribution is -0.349. The first-order valence-corrected chi connectivity index (χ1v) is 25.0. The number of carbonyl (C=O) groups is 1. The molecule has 17 heteroatoms. The molecule has 26 unspecified atom stereocenters. The molecule has 0 aromatic heterocycles. The summed E-state index contributed by atoms with van der Waals surface area (Å²) in [6.07, 6.45) is -2.23. The molecule has 2 bridgehead atoms. The monoisotopic (exact) mass is 941 g/mol. The number of hydrogen-bond acceptors (Lipinski definition) is 17. The fourth-order valence-corrected chi connectivity index (χ4v) is 14.4. The Morgan fingerprint density at radius 3 is 1.56 bits per heavy atom. The predicted octanol–water partition coefficient (Wildman–Crippen LogP) is 4.56. The molecule has 2 N–H and O–H groups in total. The number of carbonyl (C=O) groups excluding carboxylic acids is 1. The van der Waals surface area contributed by atoms with E-state index in [-0.39, 0.29) is 47.8 Å². The molecule has 17 nitrogen and oxygen atoms in total. The summed E-state index contributed by atoms with van der Waals surface area (Å²) in [5.74, 6) is 0.129. The first-order valence-electron chi connectivity index (χ1n) is 25.0. The van der Waals surface area contributed by atoms with E-state index in [9.17, 15) is 15.0 Å². The fraction of sp³-hybridized carbons (Fsp3) is 0.980. The van der Waals surface area contributed by atoms with Crippen molar-refractivity contribution < 1.29 is 81.3 Å². The minimum Gasteiger partial charge on any atom is -0.390 e. The number of fused-ring (bicyclic) bond motifs is 5. The zero-order valence-electron chi connectivity index (χ0n) is 41.1. The van der Waals surface area contributed by atoms with Gasteiger partial charge in [-0.05, 0) is 85.0 Å². The van der Waals surface area contributed by atoms with Crippen molar-refractivity contribution in [1.82, 2.24) is 0 Å². The zero-order chi connectivity index (χ0) is 47.0. The number of methoxy groups -OCH3 is 4. The van der Waals surface area contributed by atoms with E-state index in [0.29, 0.717) is 56.6 Å². The average molecular weight is 941 g/mol. The Hall–Kier alpha value is -0.970. The van der Waals surface area contributed by atoms with Gasteiger partial charge in [-0.15, -0.1) is 0 Å². The Labute approximate surface area is 391 Å². The molecule has 9 fully saturated rings. The predicted molar refractivity (Wildman–Crippen MR) is 233 cm³/mol. The maximum absolute atomic E-state index is 13.4. The summed E-state index contributed by atoms with van der Waals surface area (Å²) >= 11 is 0. The Bertz CT molecular complexity index is 1670. The summed E-state index contributed by atoms with van der Waals surface area (Å²) in [6, 6.07) is 0. The van der Waals surface area contributed by atoms with Gasteiger partial charge in [0.2, 0.25) is 0 Å². The number of aliphatic hydroxyl groups is 2. The number of rotatable bonds is 12. The first kappa shape index (κ1) is 50.0. The fourth-order valence-electron chi connectivity index (χ4n) is 14.4. The van der Waals surface area contributed by atoms with Gasteiger partial charge in [-0.1, -0.05) is 6.92 Å². The minimum atomic E-state index is -0.739. The van der Waals surface area contributed by atoms with Crippen LogP contribution in [0.1, 0.15) is 119 Å². The van der Waals surface area contributed by atoms with Crippen molar-refractivity contribution in [3.63, 3.8) is 0 Å². The van der Waals surface area contributed by atoms with Crippen LogP contribution in [-0.4, -0.2) is 173 Å². The van der Waals surface area contributed by atoms with Crippen molar-refractivity contribution in [2.45, 2.75) is 248 Å². The highest BCUT2D eigenvalue weighted by Crippen LogP contribution is 2.67. The third kappa shape index (κ3) is 8.90. The van der Waals surface area contributed by atoms with Crippen LogP contribution < -0.4 is 0 Å². The molecule has 66 heavy (non-hydrogen) atoms. The minimum absolute atomic E-state index is 0.0618. The zero-order valence-corrected chi connectivity index (χ0v) is 41.1. The molecule has 0 aromatic carbocycles. The number of hydrogen-bond donors (Lipinski definition) is 2. The third-order valence-corrected chi connectivity index (χ3v) is 18.1. The van der Waals surface area contributed by atoms with Gasteiger partial charge in [-0.3, -0.25) is 4.79 Å². The molecule has 26 atom stereocenters. The maximum Gasteiger partial charge on any atom is 0.172 e. The lowest BCUT2D eigenvalue weighted by Crippen LogP contribution is -2.60. The van der Waals surface area contributed by atoms with E-state index >= 15 is 0 Å². The molecule has 9 rings (SSSR count). The molecule has 6 heterocycles. The quantitative estimate of drug-likeness (QED) is 0.259. The summed E-state index contributed by atoms with van der Waals surface area (Å²) in [5, 5.41) is 22.3. The second-order valence-electron chi connectivity index (χ2n) is 21.7. The van der Waals surface area contributed by atoms with E-state index in [2.05, 4.69) is 20.8 Å². The molecule has 0 radical (unpaired) electrons. The number of ketones is 1. The molecule has 3 aliphatic carbocycles. The van der Waals surface area contributed by atoms with Gasteiger partial charge in [-0.2, -0.15) is 0 Å². The van der Waals surface area contributed by atoms with Gasteiger partial charge >= 0.3 is 0 Å². The van der Waals surface area contributed by atoms with Crippen molar-refractivity contribution in [3.8, 4) is 0 Å². The van der Waals surface area contributed by atoms with Crippen LogP contribution in [0.2, 0.25) is 0 Å². The molecule has 9 aliphatic rings. The average Bonchev–Trinajstić information content (AvgIpc) is 3.80. The van der Waals surface area contributed by atoms with E-state index in [4.69, 9.17) is 66.3 Å². The van der Waals surface area contributed by atoms with E-state index in [1.165, 1.54) is 0 Å². The van der Waals surface area contributed by atoms with Crippen LogP contribution in [0.3, 0.4) is 0 Å². The Balaban J connectivity index is 0.775. The number of ether oxygens (including phenoxy) is 14. The Morgan fingerprint density at radius 2 is 1.05 bits per heavy atom. The second kappa shape index (κ2) is 19.6. The number of Topliss-reactive ketones (excluding diaryl/α,β-unsaturated/α-hetero) is 1. The van der Waals surface area contributed by atoms with Crippen LogP contribution in [0.15, 0.2) is 0 Å². The summed E-state index contributed by atoms with van der Waals surface area (Å²) in [4.78, 5) is 13.4. The van der Waals surface area contributed by atoms with E-state index in [1.807, 2.05) is 20.8 Å². The summed E-state index contributed by atoms with van der Waals surface area (Å²) in [7, 11) is 6.55. The van der Waals surface area contributed by atoms with Gasteiger partial charge in [0.1, 0.15) is 30.2 Å². The molecule has 6 aliphatic heterocycles. The van der Waals surface area contributed by atoms with Crippen molar-refractivity contribution in [1.29, 1.82) is 0 Å². The van der Waals surface area contributed by atoms with Crippen molar-refractivity contribution >= 4 is 5.78 Å². The molecular weight excluding hydrogens is 861 g/mol. The second-order valence-corrected chi connectivity index (χ2v) is 21.7. The van der Waals surface area contributed by atoms with Gasteiger partial charge in [0, 0.05) is 78.8 Å². The SMILES string of the molecule is COC1CC(OC2C(C)OC(OC3C(C)OC(OC4C(C)OC(OC5CC6CCC78OC(C)C9CCC(=O)C9(C)C(CC7C6(C)CC5O)O8)CC4OC)CC3OC)CC2OC)OC(C)C1O. The normalized spacial score (nSPS) is 55.2. The smallest absolute Gasteiger partial charge is 0.172 e. The van der Waals surface area contributed by atoms with E-state index in [0.717, 1.165) is 25.7 Å². The van der Waals surface area contributed by atoms with Crippen LogP contribution in [-0.2, 0) is 71.1 Å². The Morgan fingerprint density at radius 1 is 0.561 bits per heavy atom. The molecule has 0 aromatic rings. The topological polar surface area (TPSA) is 187 Å². The highest BCUT2D eigenvalue weighted by molar-refractivity contribution is 5.88.